The summed E-state index contributed by atoms with van der Waals surface area (Å²) in [7, 11) is 0. The minimum atomic E-state index is 0.803. The highest BCUT2D eigenvalue weighted by Gasteiger charge is 2.08. The molecule has 2 N–H and O–H groups in total. The molecule has 0 spiro atoms. The monoisotopic (exact) mass is 451 g/mol. The Hall–Kier alpha value is -2.44. The van der Waals surface area contributed by atoms with Crippen molar-refractivity contribution in [3.8, 4) is 0 Å². The zero-order valence-electron chi connectivity index (χ0n) is 16.4. The molecule has 1 aliphatic heterocycles. The first-order valence-corrected chi connectivity index (χ1v) is 11.0. The Bertz CT molecular complexity index is 982. The maximum Gasteiger partial charge on any atom is 0.141 e. The molecule has 0 radical (unpaired) electrons. The van der Waals surface area contributed by atoms with E-state index in [0.717, 1.165) is 45.7 Å². The molecule has 0 amide bonds. The van der Waals surface area contributed by atoms with Crippen LogP contribution >= 0.6 is 15.9 Å². The van der Waals surface area contributed by atoms with E-state index < -0.39 is 0 Å². The smallest absolute Gasteiger partial charge is 0.141 e. The first-order valence-electron chi connectivity index (χ1n) is 10.2. The van der Waals surface area contributed by atoms with E-state index in [1.165, 1.54) is 32.4 Å². The lowest BCUT2D eigenvalue weighted by atomic mass is 10.1. The molecule has 6 heteroatoms. The highest BCUT2D eigenvalue weighted by molar-refractivity contribution is 9.10. The van der Waals surface area contributed by atoms with Gasteiger partial charge in [0.1, 0.15) is 12.1 Å². The molecule has 1 saturated heterocycles. The van der Waals surface area contributed by atoms with Crippen LogP contribution in [0.4, 0.5) is 17.2 Å². The van der Waals surface area contributed by atoms with Crippen LogP contribution < -0.4 is 10.6 Å². The molecule has 150 valence electrons. The summed E-state index contributed by atoms with van der Waals surface area (Å²) in [6.07, 6.45) is 10.1. The predicted molar refractivity (Wildman–Crippen MR) is 125 cm³/mol. The van der Waals surface area contributed by atoms with Gasteiger partial charge < -0.3 is 10.6 Å². The Morgan fingerprint density at radius 1 is 0.966 bits per heavy atom. The predicted octanol–water partition coefficient (Wildman–Crippen LogP) is 5.59. The number of halogens is 1. The van der Waals surface area contributed by atoms with E-state index >= 15 is 0 Å². The largest absolute Gasteiger partial charge is 0.382 e. The van der Waals surface area contributed by atoms with Crippen molar-refractivity contribution < 1.29 is 0 Å². The van der Waals surface area contributed by atoms with Gasteiger partial charge in [-0.3, -0.25) is 4.90 Å². The van der Waals surface area contributed by atoms with Crippen LogP contribution in [0.25, 0.3) is 10.9 Å². The number of hydrogen-bond donors (Lipinski definition) is 2. The minimum Gasteiger partial charge on any atom is -0.382 e. The van der Waals surface area contributed by atoms with Crippen LogP contribution in [0.5, 0.6) is 0 Å². The van der Waals surface area contributed by atoms with Crippen LogP contribution in [0, 0.1) is 0 Å². The van der Waals surface area contributed by atoms with Crippen LogP contribution in [-0.2, 0) is 0 Å². The number of hydrogen-bond acceptors (Lipinski definition) is 5. The molecule has 29 heavy (non-hydrogen) atoms. The highest BCUT2D eigenvalue weighted by atomic mass is 79.9. The van der Waals surface area contributed by atoms with Crippen molar-refractivity contribution in [1.82, 2.24) is 14.9 Å². The maximum absolute atomic E-state index is 4.45. The Morgan fingerprint density at radius 3 is 2.72 bits per heavy atom. The summed E-state index contributed by atoms with van der Waals surface area (Å²) in [6.45, 7) is 4.32. The molecule has 3 aromatic rings. The molecule has 4 rings (SSSR count). The second-order valence-corrected chi connectivity index (χ2v) is 8.22. The van der Waals surface area contributed by atoms with Crippen LogP contribution in [0.15, 0.2) is 65.4 Å². The van der Waals surface area contributed by atoms with Gasteiger partial charge >= 0.3 is 0 Å². The van der Waals surface area contributed by atoms with Crippen LogP contribution in [-0.4, -0.2) is 41.0 Å². The number of piperidine rings is 1. The van der Waals surface area contributed by atoms with Gasteiger partial charge in [-0.15, -0.1) is 0 Å². The van der Waals surface area contributed by atoms with E-state index in [2.05, 4.69) is 65.7 Å². The van der Waals surface area contributed by atoms with Crippen LogP contribution in [0.2, 0.25) is 0 Å². The molecule has 0 atom stereocenters. The van der Waals surface area contributed by atoms with Gasteiger partial charge in [-0.05, 0) is 62.3 Å². The van der Waals surface area contributed by atoms with E-state index in [-0.39, 0.29) is 0 Å². The van der Waals surface area contributed by atoms with E-state index in [1.807, 2.05) is 30.3 Å². The second kappa shape index (κ2) is 9.85. The summed E-state index contributed by atoms with van der Waals surface area (Å²) < 4.78 is 1.03. The third-order valence-corrected chi connectivity index (χ3v) is 5.62. The van der Waals surface area contributed by atoms with E-state index in [0.29, 0.717) is 0 Å². The molecule has 2 aromatic carbocycles. The van der Waals surface area contributed by atoms with Gasteiger partial charge in [0, 0.05) is 34.3 Å². The summed E-state index contributed by atoms with van der Waals surface area (Å²) in [6, 6.07) is 14.3. The molecule has 1 aromatic heterocycles. The summed E-state index contributed by atoms with van der Waals surface area (Å²) >= 11 is 3.51. The lowest BCUT2D eigenvalue weighted by molar-refractivity contribution is 0.251. The van der Waals surface area contributed by atoms with Gasteiger partial charge in [0.2, 0.25) is 0 Å². The standard InChI is InChI=1S/C23H26BrN5/c24-18-7-6-8-20(15-18)28-23-21-16-19(9-10-22(21)26-17-27-23)25-11-2-5-14-29-12-3-1-4-13-29/h2,5-10,15-17,25H,1,3-4,11-14H2,(H,26,27,28)/b5-2+. The zero-order valence-corrected chi connectivity index (χ0v) is 18.0. The van der Waals surface area contributed by atoms with Crippen molar-refractivity contribution in [2.75, 3.05) is 36.8 Å². The molecule has 1 aliphatic rings. The topological polar surface area (TPSA) is 53.1 Å². The number of anilines is 3. The molecule has 2 heterocycles. The summed E-state index contributed by atoms with van der Waals surface area (Å²) in [4.78, 5) is 11.4. The summed E-state index contributed by atoms with van der Waals surface area (Å²) in [5, 5.41) is 7.87. The number of fused-ring (bicyclic) bond motifs is 1. The first kappa shape index (κ1) is 19.9. The fraction of sp³-hybridized carbons (Fsp3) is 0.304. The number of rotatable bonds is 7. The maximum atomic E-state index is 4.45. The van der Waals surface area contributed by atoms with Crippen molar-refractivity contribution in [1.29, 1.82) is 0 Å². The molecule has 5 nitrogen and oxygen atoms in total. The Balaban J connectivity index is 1.41. The third-order valence-electron chi connectivity index (χ3n) is 5.13. The lowest BCUT2D eigenvalue weighted by Gasteiger charge is -2.24. The SMILES string of the molecule is Brc1cccc(Nc2ncnc3ccc(NC/C=C/CN4CCCCC4)cc23)c1. The fourth-order valence-corrected chi connectivity index (χ4v) is 3.99. The number of benzene rings is 2. The normalized spacial score (nSPS) is 15.1. The molecule has 0 aliphatic carbocycles. The Labute approximate surface area is 180 Å². The van der Waals surface area contributed by atoms with Crippen molar-refractivity contribution in [2.24, 2.45) is 0 Å². The molecule has 1 fully saturated rings. The van der Waals surface area contributed by atoms with Gasteiger partial charge in [0.15, 0.2) is 0 Å². The molecular weight excluding hydrogens is 426 g/mol. The van der Waals surface area contributed by atoms with Crippen LogP contribution in [0.3, 0.4) is 0 Å². The number of likely N-dealkylation sites (tertiary alicyclic amines) is 1. The van der Waals surface area contributed by atoms with Gasteiger partial charge in [0.25, 0.3) is 0 Å². The zero-order chi connectivity index (χ0) is 19.9. The summed E-state index contributed by atoms with van der Waals surface area (Å²) in [5.41, 5.74) is 2.97. The van der Waals surface area contributed by atoms with Crippen molar-refractivity contribution >= 4 is 44.0 Å². The molecule has 0 bridgehead atoms. The number of nitrogens with zero attached hydrogens (tertiary/aromatic N) is 3. The third kappa shape index (κ3) is 5.55. The average Bonchev–Trinajstić information content (AvgIpc) is 2.75. The molecule has 0 unspecified atom stereocenters. The van der Waals surface area contributed by atoms with E-state index in [1.54, 1.807) is 6.33 Å². The second-order valence-electron chi connectivity index (χ2n) is 7.30. The fourth-order valence-electron chi connectivity index (χ4n) is 3.59. The van der Waals surface area contributed by atoms with E-state index in [9.17, 15) is 0 Å². The number of aromatic nitrogens is 2. The summed E-state index contributed by atoms with van der Waals surface area (Å²) in [5.74, 6) is 0.803. The lowest BCUT2D eigenvalue weighted by Crippen LogP contribution is -2.29. The van der Waals surface area contributed by atoms with Gasteiger partial charge in [-0.25, -0.2) is 9.97 Å². The molecule has 0 saturated carbocycles. The van der Waals surface area contributed by atoms with Crippen LogP contribution in [0.1, 0.15) is 19.3 Å². The number of nitrogens with one attached hydrogen (secondary N) is 2. The molecular formula is C23H26BrN5. The Morgan fingerprint density at radius 2 is 1.86 bits per heavy atom. The van der Waals surface area contributed by atoms with Gasteiger partial charge in [-0.2, -0.15) is 0 Å². The quantitative estimate of drug-likeness (QED) is 0.458. The average molecular weight is 452 g/mol. The van der Waals surface area contributed by atoms with Crippen molar-refractivity contribution in [3.63, 3.8) is 0 Å². The van der Waals surface area contributed by atoms with Crippen molar-refractivity contribution in [3.05, 3.63) is 65.4 Å². The van der Waals surface area contributed by atoms with Crippen molar-refractivity contribution in [2.45, 2.75) is 19.3 Å². The highest BCUT2D eigenvalue weighted by Crippen LogP contribution is 2.26. The van der Waals surface area contributed by atoms with E-state index in [4.69, 9.17) is 0 Å². The minimum absolute atomic E-state index is 0.803. The van der Waals surface area contributed by atoms with Gasteiger partial charge in [0.05, 0.1) is 5.52 Å². The first-order chi connectivity index (χ1) is 14.3. The van der Waals surface area contributed by atoms with Gasteiger partial charge in [-0.1, -0.05) is 40.6 Å². The Kier molecular flexibility index (Phi) is 6.75.